The third-order valence-electron chi connectivity index (χ3n) is 7.47. The van der Waals surface area contributed by atoms with Crippen molar-refractivity contribution in [2.45, 2.75) is 38.8 Å². The lowest BCUT2D eigenvalue weighted by atomic mass is 9.89. The molecule has 1 aromatic heterocycles. The second-order valence-electron chi connectivity index (χ2n) is 9.80. The number of nitrogens with zero attached hydrogens (tertiary/aromatic N) is 5. The molecule has 1 saturated heterocycles. The minimum Gasteiger partial charge on any atom is -0.369 e. The second kappa shape index (κ2) is 9.63. The predicted molar refractivity (Wildman–Crippen MR) is 136 cm³/mol. The zero-order chi connectivity index (χ0) is 23.7. The van der Waals surface area contributed by atoms with Crippen molar-refractivity contribution in [2.75, 3.05) is 38.1 Å². The van der Waals surface area contributed by atoms with Gasteiger partial charge < -0.3 is 9.80 Å². The molecule has 178 valence electrons. The van der Waals surface area contributed by atoms with Gasteiger partial charge in [0.05, 0.1) is 0 Å². The van der Waals surface area contributed by atoms with Crippen LogP contribution in [0.3, 0.4) is 0 Å². The fourth-order valence-electron chi connectivity index (χ4n) is 5.47. The molecule has 1 aliphatic heterocycles. The van der Waals surface area contributed by atoms with Crippen molar-refractivity contribution < 1.29 is 4.79 Å². The first-order valence-corrected chi connectivity index (χ1v) is 12.4. The molecule has 2 aliphatic rings. The third kappa shape index (κ3) is 4.60. The number of piperazine rings is 1. The summed E-state index contributed by atoms with van der Waals surface area (Å²) in [6.45, 7) is 6.94. The van der Waals surface area contributed by atoms with Crippen LogP contribution in [0, 0.1) is 6.92 Å². The molecule has 1 unspecified atom stereocenters. The van der Waals surface area contributed by atoms with Gasteiger partial charge in [0, 0.05) is 69.8 Å². The normalized spacial score (nSPS) is 18.6. The number of carbonyl (C=O) groups excluding carboxylic acids is 1. The monoisotopic (exact) mass is 457 g/mol. The number of amides is 1. The molecule has 2 heterocycles. The van der Waals surface area contributed by atoms with Gasteiger partial charge in [0.25, 0.3) is 5.91 Å². The number of anilines is 1. The van der Waals surface area contributed by atoms with Crippen LogP contribution in [-0.2, 0) is 26.4 Å². The Morgan fingerprint density at radius 1 is 1.03 bits per heavy atom. The van der Waals surface area contributed by atoms with E-state index in [9.17, 15) is 4.79 Å². The largest absolute Gasteiger partial charge is 0.369 e. The highest BCUT2D eigenvalue weighted by Crippen LogP contribution is 2.29. The lowest BCUT2D eigenvalue weighted by molar-refractivity contribution is 0.0776. The predicted octanol–water partition coefficient (Wildman–Crippen LogP) is 3.68. The van der Waals surface area contributed by atoms with Gasteiger partial charge in [-0.1, -0.05) is 48.0 Å². The van der Waals surface area contributed by atoms with Crippen molar-refractivity contribution in [3.05, 3.63) is 82.7 Å². The molecule has 0 spiro atoms. The zero-order valence-corrected chi connectivity index (χ0v) is 20.6. The van der Waals surface area contributed by atoms with Gasteiger partial charge in [0.15, 0.2) is 5.69 Å². The fourth-order valence-corrected chi connectivity index (χ4v) is 5.47. The Morgan fingerprint density at radius 3 is 2.44 bits per heavy atom. The Hall–Kier alpha value is -3.12. The summed E-state index contributed by atoms with van der Waals surface area (Å²) < 4.78 is 1.93. The highest BCUT2D eigenvalue weighted by Gasteiger charge is 2.33. The summed E-state index contributed by atoms with van der Waals surface area (Å²) in [7, 11) is 3.86. The first kappa shape index (κ1) is 22.7. The van der Waals surface area contributed by atoms with Crippen molar-refractivity contribution in [2.24, 2.45) is 7.05 Å². The summed E-state index contributed by atoms with van der Waals surface area (Å²) in [5.41, 5.74) is 6.77. The minimum absolute atomic E-state index is 0.0190. The highest BCUT2D eigenvalue weighted by atomic mass is 16.2. The molecule has 3 aromatic rings. The van der Waals surface area contributed by atoms with Gasteiger partial charge in [-0.25, -0.2) is 0 Å². The summed E-state index contributed by atoms with van der Waals surface area (Å²) in [6.07, 6.45) is 3.02. The van der Waals surface area contributed by atoms with Crippen LogP contribution in [0.15, 0.2) is 54.6 Å². The minimum atomic E-state index is 0.0190. The first-order valence-electron chi connectivity index (χ1n) is 12.4. The Bertz CT molecular complexity index is 1130. The second-order valence-corrected chi connectivity index (χ2v) is 9.80. The maximum Gasteiger partial charge on any atom is 0.274 e. The first-order chi connectivity index (χ1) is 16.5. The number of rotatable bonds is 5. The molecule has 0 bridgehead atoms. The average molecular weight is 458 g/mol. The fraction of sp³-hybridized carbons (Fsp3) is 0.429. The average Bonchev–Trinajstić information content (AvgIpc) is 3.20. The highest BCUT2D eigenvalue weighted by molar-refractivity contribution is 5.94. The summed E-state index contributed by atoms with van der Waals surface area (Å²) >= 11 is 0. The van der Waals surface area contributed by atoms with Gasteiger partial charge in [-0.3, -0.25) is 14.4 Å². The standard InChI is InChI=1S/C28H35N5O/c1-21-9-11-23(12-10-21)32-15-17-33(18-16-32)24-13-14-26-25(19-24)27(29-31(26)3)28(34)30(2)20-22-7-5-4-6-8-22/h4-12,24H,13-20H2,1-3H3. The van der Waals surface area contributed by atoms with Gasteiger partial charge in [-0.2, -0.15) is 5.10 Å². The van der Waals surface area contributed by atoms with Crippen molar-refractivity contribution >= 4 is 11.6 Å². The summed E-state index contributed by atoms with van der Waals surface area (Å²) in [6, 6.07) is 19.5. The van der Waals surface area contributed by atoms with Crippen molar-refractivity contribution in [3.63, 3.8) is 0 Å². The van der Waals surface area contributed by atoms with Gasteiger partial charge in [-0.15, -0.1) is 0 Å². The van der Waals surface area contributed by atoms with Crippen molar-refractivity contribution in [1.29, 1.82) is 0 Å². The molecule has 1 aliphatic carbocycles. The van der Waals surface area contributed by atoms with E-state index in [0.29, 0.717) is 18.3 Å². The van der Waals surface area contributed by atoms with Crippen LogP contribution in [0.1, 0.15) is 39.3 Å². The van der Waals surface area contributed by atoms with Gasteiger partial charge >= 0.3 is 0 Å². The summed E-state index contributed by atoms with van der Waals surface area (Å²) in [4.78, 5) is 20.3. The Balaban J connectivity index is 1.26. The molecule has 1 amide bonds. The lowest BCUT2D eigenvalue weighted by Crippen LogP contribution is -2.52. The van der Waals surface area contributed by atoms with E-state index in [0.717, 1.165) is 56.6 Å². The SMILES string of the molecule is Cc1ccc(N2CCN(C3CCc4c(c(C(=O)N(C)Cc5ccccc5)nn4C)C3)CC2)cc1. The Labute approximate surface area is 202 Å². The van der Waals surface area contributed by atoms with E-state index in [1.807, 2.05) is 37.0 Å². The third-order valence-corrected chi connectivity index (χ3v) is 7.47. The number of hydrogen-bond donors (Lipinski definition) is 0. The van der Waals surface area contributed by atoms with Crippen LogP contribution < -0.4 is 4.90 Å². The molecule has 0 N–H and O–H groups in total. The van der Waals surface area contributed by atoms with Crippen molar-refractivity contribution in [1.82, 2.24) is 19.6 Å². The van der Waals surface area contributed by atoms with E-state index >= 15 is 0 Å². The maximum atomic E-state index is 13.4. The number of benzene rings is 2. The number of aryl methyl sites for hydroxylation is 2. The van der Waals surface area contributed by atoms with E-state index < -0.39 is 0 Å². The van der Waals surface area contributed by atoms with Crippen LogP contribution in [0.25, 0.3) is 0 Å². The van der Waals surface area contributed by atoms with Gasteiger partial charge in [0.2, 0.25) is 0 Å². The van der Waals surface area contributed by atoms with Crippen molar-refractivity contribution in [3.8, 4) is 0 Å². The molecule has 34 heavy (non-hydrogen) atoms. The van der Waals surface area contributed by atoms with Crippen LogP contribution in [0.2, 0.25) is 0 Å². The Morgan fingerprint density at radius 2 is 1.74 bits per heavy atom. The van der Waals surface area contributed by atoms with E-state index in [4.69, 9.17) is 5.10 Å². The number of carbonyl (C=O) groups is 1. The molecule has 0 radical (unpaired) electrons. The molecule has 0 saturated carbocycles. The van der Waals surface area contributed by atoms with E-state index in [1.54, 1.807) is 4.90 Å². The smallest absolute Gasteiger partial charge is 0.274 e. The summed E-state index contributed by atoms with van der Waals surface area (Å²) in [5.74, 6) is 0.0190. The zero-order valence-electron chi connectivity index (χ0n) is 20.6. The molecule has 6 nitrogen and oxygen atoms in total. The molecular formula is C28H35N5O. The molecular weight excluding hydrogens is 422 g/mol. The maximum absolute atomic E-state index is 13.4. The quantitative estimate of drug-likeness (QED) is 0.586. The Kier molecular flexibility index (Phi) is 6.42. The number of fused-ring (bicyclic) bond motifs is 1. The molecule has 1 atom stereocenters. The van der Waals surface area contributed by atoms with E-state index in [-0.39, 0.29) is 5.91 Å². The lowest BCUT2D eigenvalue weighted by Gasteiger charge is -2.41. The topological polar surface area (TPSA) is 44.6 Å². The van der Waals surface area contributed by atoms with Crippen LogP contribution in [-0.4, -0.2) is 64.8 Å². The van der Waals surface area contributed by atoms with Crippen LogP contribution in [0.4, 0.5) is 5.69 Å². The van der Waals surface area contributed by atoms with Crippen LogP contribution >= 0.6 is 0 Å². The van der Waals surface area contributed by atoms with Gasteiger partial charge in [-0.05, 0) is 43.9 Å². The van der Waals surface area contributed by atoms with Crippen LogP contribution in [0.5, 0.6) is 0 Å². The molecule has 6 heteroatoms. The van der Waals surface area contributed by atoms with Gasteiger partial charge in [0.1, 0.15) is 0 Å². The molecule has 1 fully saturated rings. The molecule has 2 aromatic carbocycles. The van der Waals surface area contributed by atoms with E-state index in [2.05, 4.69) is 53.1 Å². The summed E-state index contributed by atoms with van der Waals surface area (Å²) in [5, 5.41) is 4.69. The van der Waals surface area contributed by atoms with E-state index in [1.165, 1.54) is 16.9 Å². The number of hydrogen-bond acceptors (Lipinski definition) is 4. The molecule has 5 rings (SSSR count). The number of aromatic nitrogens is 2.